The maximum absolute atomic E-state index is 13.2. The first-order valence-corrected chi connectivity index (χ1v) is 11.5. The zero-order valence-corrected chi connectivity index (χ0v) is 18.4. The Hall–Kier alpha value is -2.95. The lowest BCUT2D eigenvalue weighted by molar-refractivity contribution is -0.123. The highest BCUT2D eigenvalue weighted by Crippen LogP contribution is 2.43. The van der Waals surface area contributed by atoms with Gasteiger partial charge >= 0.3 is 0 Å². The molecule has 5 rings (SSSR count). The maximum atomic E-state index is 13.2. The highest BCUT2D eigenvalue weighted by molar-refractivity contribution is 5.91. The number of likely N-dealkylation sites (tertiary alicyclic amines) is 1. The Bertz CT molecular complexity index is 1040. The Morgan fingerprint density at radius 1 is 0.938 bits per heavy atom. The minimum absolute atomic E-state index is 0.137. The van der Waals surface area contributed by atoms with Crippen molar-refractivity contribution in [2.45, 2.75) is 31.5 Å². The molecule has 164 valence electrons. The van der Waals surface area contributed by atoms with Gasteiger partial charge in [0, 0.05) is 13.1 Å². The van der Waals surface area contributed by atoms with Crippen molar-refractivity contribution in [3.8, 4) is 0 Å². The zero-order valence-electron chi connectivity index (χ0n) is 18.4. The summed E-state index contributed by atoms with van der Waals surface area (Å²) in [6, 6.07) is 26.9. The van der Waals surface area contributed by atoms with Crippen LogP contribution in [0.4, 0.5) is 0 Å². The Balaban J connectivity index is 1.38. The van der Waals surface area contributed by atoms with Crippen molar-refractivity contribution in [3.05, 3.63) is 107 Å². The lowest BCUT2D eigenvalue weighted by Crippen LogP contribution is -2.49. The minimum Gasteiger partial charge on any atom is -0.372 e. The predicted molar refractivity (Wildman–Crippen MR) is 126 cm³/mol. The fourth-order valence-corrected chi connectivity index (χ4v) is 5.58. The van der Waals surface area contributed by atoms with Crippen molar-refractivity contribution in [3.63, 3.8) is 0 Å². The molecule has 4 heteroatoms. The van der Waals surface area contributed by atoms with Gasteiger partial charge in [-0.1, -0.05) is 78.9 Å². The summed E-state index contributed by atoms with van der Waals surface area (Å²) < 4.78 is 5.55. The summed E-state index contributed by atoms with van der Waals surface area (Å²) in [6.45, 7) is 4.28. The van der Waals surface area contributed by atoms with E-state index in [1.54, 1.807) is 0 Å². The van der Waals surface area contributed by atoms with Gasteiger partial charge in [-0.2, -0.15) is 0 Å². The van der Waals surface area contributed by atoms with Crippen LogP contribution in [0.15, 0.2) is 78.9 Å². The number of fused-ring (bicyclic) bond motifs is 1. The number of nitrogens with two attached hydrogens (primary N) is 1. The van der Waals surface area contributed by atoms with E-state index in [9.17, 15) is 4.79 Å². The van der Waals surface area contributed by atoms with Gasteiger partial charge in [0.1, 0.15) is 5.41 Å². The van der Waals surface area contributed by atoms with Crippen LogP contribution in [0, 0.1) is 5.92 Å². The SMILES string of the molecule is NC(=O)C(c1ccccc1)(c1ccccc1)C1CCN(CCc2ccc3c(c2)COC3)C1. The number of rotatable bonds is 7. The molecule has 2 aliphatic rings. The number of carbonyl (C=O) groups is 1. The Morgan fingerprint density at radius 2 is 1.59 bits per heavy atom. The molecule has 2 aliphatic heterocycles. The number of hydrogen-bond acceptors (Lipinski definition) is 3. The smallest absolute Gasteiger partial charge is 0.232 e. The van der Waals surface area contributed by atoms with E-state index < -0.39 is 5.41 Å². The van der Waals surface area contributed by atoms with Crippen molar-refractivity contribution >= 4 is 5.91 Å². The third kappa shape index (κ3) is 3.74. The molecule has 2 N–H and O–H groups in total. The zero-order chi connectivity index (χ0) is 22.0. The molecule has 1 atom stereocenters. The molecule has 32 heavy (non-hydrogen) atoms. The summed E-state index contributed by atoms with van der Waals surface area (Å²) in [4.78, 5) is 15.7. The third-order valence-corrected chi connectivity index (χ3v) is 7.23. The largest absolute Gasteiger partial charge is 0.372 e. The van der Waals surface area contributed by atoms with Gasteiger partial charge in [0.25, 0.3) is 0 Å². The molecule has 1 amide bonds. The molecular formula is C28H30N2O2. The standard InChI is InChI=1S/C28H30N2O2/c29-27(31)28(24-7-3-1-4-8-24,25-9-5-2-6-10-25)26-14-16-30(18-26)15-13-21-11-12-22-19-32-20-23(22)17-21/h1-12,17,26H,13-16,18-20H2,(H2,29,31). The quantitative estimate of drug-likeness (QED) is 0.620. The molecule has 4 nitrogen and oxygen atoms in total. The monoisotopic (exact) mass is 426 g/mol. The molecule has 0 spiro atoms. The summed E-state index contributed by atoms with van der Waals surface area (Å²) in [5, 5.41) is 0. The van der Waals surface area contributed by atoms with Gasteiger partial charge in [0.2, 0.25) is 5.91 Å². The van der Waals surface area contributed by atoms with Gasteiger partial charge in [0.05, 0.1) is 13.2 Å². The molecule has 3 aromatic carbocycles. The lowest BCUT2D eigenvalue weighted by atomic mass is 9.64. The van der Waals surface area contributed by atoms with Crippen LogP contribution in [0.1, 0.15) is 34.2 Å². The van der Waals surface area contributed by atoms with Crippen LogP contribution in [0.5, 0.6) is 0 Å². The molecule has 3 aromatic rings. The normalized spacial score (nSPS) is 18.6. The van der Waals surface area contributed by atoms with Crippen molar-refractivity contribution in [1.82, 2.24) is 4.90 Å². The Morgan fingerprint density at radius 3 is 2.25 bits per heavy atom. The van der Waals surface area contributed by atoms with Gasteiger partial charge in [-0.3, -0.25) is 4.79 Å². The number of nitrogens with zero attached hydrogens (tertiary/aromatic N) is 1. The molecule has 0 bridgehead atoms. The first kappa shape index (κ1) is 20.9. The molecule has 0 radical (unpaired) electrons. The number of benzene rings is 3. The first-order chi connectivity index (χ1) is 15.7. The average molecular weight is 427 g/mol. The highest BCUT2D eigenvalue weighted by atomic mass is 16.5. The van der Waals surface area contributed by atoms with Crippen LogP contribution in [-0.4, -0.2) is 30.4 Å². The number of ether oxygens (including phenoxy) is 1. The second-order valence-electron chi connectivity index (χ2n) is 9.04. The van der Waals surface area contributed by atoms with Crippen LogP contribution in [0.2, 0.25) is 0 Å². The van der Waals surface area contributed by atoms with Gasteiger partial charge in [-0.15, -0.1) is 0 Å². The van der Waals surface area contributed by atoms with E-state index in [-0.39, 0.29) is 11.8 Å². The topological polar surface area (TPSA) is 55.6 Å². The van der Waals surface area contributed by atoms with E-state index >= 15 is 0 Å². The number of hydrogen-bond donors (Lipinski definition) is 1. The minimum atomic E-state index is -0.817. The fourth-order valence-electron chi connectivity index (χ4n) is 5.58. The molecule has 0 saturated carbocycles. The number of amides is 1. The molecular weight excluding hydrogens is 396 g/mol. The number of carbonyl (C=O) groups excluding carboxylic acids is 1. The van der Waals surface area contributed by atoms with Crippen LogP contribution < -0.4 is 5.73 Å². The van der Waals surface area contributed by atoms with Gasteiger partial charge in [0.15, 0.2) is 0 Å². The molecule has 2 heterocycles. The van der Waals surface area contributed by atoms with E-state index in [0.717, 1.165) is 56.8 Å². The van der Waals surface area contributed by atoms with Gasteiger partial charge in [-0.25, -0.2) is 0 Å². The van der Waals surface area contributed by atoms with E-state index in [4.69, 9.17) is 10.5 Å². The Kier molecular flexibility index (Phi) is 5.81. The van der Waals surface area contributed by atoms with Crippen molar-refractivity contribution < 1.29 is 9.53 Å². The second kappa shape index (κ2) is 8.89. The Labute approximate surface area is 190 Å². The third-order valence-electron chi connectivity index (χ3n) is 7.23. The molecule has 1 unspecified atom stereocenters. The maximum Gasteiger partial charge on any atom is 0.232 e. The van der Waals surface area contributed by atoms with E-state index in [2.05, 4.69) is 23.1 Å². The van der Waals surface area contributed by atoms with E-state index in [1.165, 1.54) is 16.7 Å². The van der Waals surface area contributed by atoms with Crippen LogP contribution in [-0.2, 0) is 34.6 Å². The summed E-state index contributed by atoms with van der Waals surface area (Å²) in [5.74, 6) is -0.126. The summed E-state index contributed by atoms with van der Waals surface area (Å²) >= 11 is 0. The summed E-state index contributed by atoms with van der Waals surface area (Å²) in [7, 11) is 0. The fraction of sp³-hybridized carbons (Fsp3) is 0.321. The van der Waals surface area contributed by atoms with Crippen molar-refractivity contribution in [2.24, 2.45) is 11.7 Å². The highest BCUT2D eigenvalue weighted by Gasteiger charge is 2.49. The second-order valence-corrected chi connectivity index (χ2v) is 9.04. The average Bonchev–Trinajstić information content (AvgIpc) is 3.49. The predicted octanol–water partition coefficient (Wildman–Crippen LogP) is 4.05. The summed E-state index contributed by atoms with van der Waals surface area (Å²) in [6.07, 6.45) is 1.95. The van der Waals surface area contributed by atoms with Crippen LogP contribution >= 0.6 is 0 Å². The van der Waals surface area contributed by atoms with Crippen molar-refractivity contribution in [2.75, 3.05) is 19.6 Å². The van der Waals surface area contributed by atoms with Crippen molar-refractivity contribution in [1.29, 1.82) is 0 Å². The molecule has 1 fully saturated rings. The van der Waals surface area contributed by atoms with Crippen LogP contribution in [0.25, 0.3) is 0 Å². The van der Waals surface area contributed by atoms with Crippen LogP contribution in [0.3, 0.4) is 0 Å². The summed E-state index contributed by atoms with van der Waals surface area (Å²) in [5.41, 5.74) is 11.4. The van der Waals surface area contributed by atoms with E-state index in [1.807, 2.05) is 60.7 Å². The van der Waals surface area contributed by atoms with E-state index in [0.29, 0.717) is 0 Å². The molecule has 0 aliphatic carbocycles. The molecule has 1 saturated heterocycles. The van der Waals surface area contributed by atoms with Gasteiger partial charge < -0.3 is 15.4 Å². The lowest BCUT2D eigenvalue weighted by Gasteiger charge is -2.37. The molecule has 0 aromatic heterocycles. The van der Waals surface area contributed by atoms with Gasteiger partial charge in [-0.05, 0) is 53.1 Å². The first-order valence-electron chi connectivity index (χ1n) is 11.5. The number of primary amides is 1.